The third-order valence-electron chi connectivity index (χ3n) is 2.85. The van der Waals surface area contributed by atoms with Crippen molar-refractivity contribution >= 4 is 12.4 Å². The van der Waals surface area contributed by atoms with E-state index in [0.29, 0.717) is 18.7 Å². The van der Waals surface area contributed by atoms with Crippen molar-refractivity contribution in [2.75, 3.05) is 13.2 Å². The van der Waals surface area contributed by atoms with Crippen LogP contribution in [0.2, 0.25) is 0 Å². The second-order valence-corrected chi connectivity index (χ2v) is 4.44. The third kappa shape index (κ3) is 5.85. The maximum absolute atomic E-state index is 10.7. The monoisotopic (exact) mass is 270 g/mol. The highest BCUT2D eigenvalue weighted by atomic mass is 16.7. The van der Waals surface area contributed by atoms with E-state index in [1.165, 1.54) is 31.9 Å². The number of esters is 1. The summed E-state index contributed by atoms with van der Waals surface area (Å²) in [4.78, 5) is 20.7. The van der Waals surface area contributed by atoms with Crippen LogP contribution in [0.25, 0.3) is 0 Å². The van der Waals surface area contributed by atoms with Crippen LogP contribution in [0, 0.1) is 0 Å². The molecule has 0 saturated carbocycles. The van der Waals surface area contributed by atoms with Crippen LogP contribution in [0.15, 0.2) is 11.8 Å². The third-order valence-corrected chi connectivity index (χ3v) is 2.85. The first-order valence-electron chi connectivity index (χ1n) is 6.64. The summed E-state index contributed by atoms with van der Waals surface area (Å²) in [5.41, 5.74) is 0.344. The molecule has 2 atom stereocenters. The maximum atomic E-state index is 10.7. The summed E-state index contributed by atoms with van der Waals surface area (Å²) in [6.07, 6.45) is 5.08. The quantitative estimate of drug-likeness (QED) is 0.580. The van der Waals surface area contributed by atoms with E-state index in [9.17, 15) is 9.59 Å². The highest BCUT2D eigenvalue weighted by Gasteiger charge is 2.25. The first-order chi connectivity index (χ1) is 9.17. The first-order valence-corrected chi connectivity index (χ1v) is 6.64. The molecule has 1 saturated heterocycles. The largest absolute Gasteiger partial charge is 0.426 e. The van der Waals surface area contributed by atoms with Gasteiger partial charge >= 0.3 is 5.97 Å². The molecule has 2 aliphatic rings. The molecule has 1 amide bonds. The number of cyclic esters (lactones) is 1. The minimum atomic E-state index is -0.757. The Balaban J connectivity index is 0.000000218. The fraction of sp³-hybridized carbons (Fsp3) is 0.692. The molecule has 0 aromatic heterocycles. The maximum Gasteiger partial charge on any atom is 0.335 e. The minimum absolute atomic E-state index is 0.344. The number of nitrogens with one attached hydrogen (secondary N) is 2. The Morgan fingerprint density at radius 1 is 1.58 bits per heavy atom. The van der Waals surface area contributed by atoms with Crippen LogP contribution < -0.4 is 10.6 Å². The SMILES string of the molecule is CC1CCCCN1.CCOC1OC(=O)C=C1NC=O. The molecule has 6 nitrogen and oxygen atoms in total. The number of carbonyl (C=O) groups excluding carboxylic acids is 2. The highest BCUT2D eigenvalue weighted by molar-refractivity contribution is 5.86. The van der Waals surface area contributed by atoms with Crippen molar-refractivity contribution in [3.05, 3.63) is 11.8 Å². The van der Waals surface area contributed by atoms with Crippen molar-refractivity contribution < 1.29 is 19.1 Å². The first kappa shape index (κ1) is 15.7. The van der Waals surface area contributed by atoms with Crippen molar-refractivity contribution in [2.45, 2.75) is 45.4 Å². The molecule has 1 fully saturated rings. The molecule has 2 rings (SSSR count). The van der Waals surface area contributed by atoms with Crippen molar-refractivity contribution in [1.82, 2.24) is 10.6 Å². The van der Waals surface area contributed by atoms with Crippen molar-refractivity contribution in [3.63, 3.8) is 0 Å². The van der Waals surface area contributed by atoms with Gasteiger partial charge in [-0.1, -0.05) is 6.42 Å². The molecule has 2 N–H and O–H groups in total. The second kappa shape index (κ2) is 8.66. The van der Waals surface area contributed by atoms with E-state index in [4.69, 9.17) is 9.47 Å². The lowest BCUT2D eigenvalue weighted by Gasteiger charge is -2.18. The Labute approximate surface area is 113 Å². The summed E-state index contributed by atoms with van der Waals surface area (Å²) >= 11 is 0. The van der Waals surface area contributed by atoms with Crippen molar-refractivity contribution in [1.29, 1.82) is 0 Å². The number of amides is 1. The molecular formula is C13H22N2O4. The fourth-order valence-electron chi connectivity index (χ4n) is 1.88. The molecule has 0 radical (unpaired) electrons. The molecule has 0 bridgehead atoms. The number of ether oxygens (including phenoxy) is 2. The standard InChI is InChI=1S/C7H9NO4.C6H13N/c1-2-11-7-5(8-4-9)3-6(10)12-7;1-6-4-2-3-5-7-6/h3-4,7H,2H2,1H3,(H,8,9);6-7H,2-5H2,1H3. The van der Waals surface area contributed by atoms with Gasteiger partial charge in [-0.2, -0.15) is 0 Å². The van der Waals surface area contributed by atoms with E-state index in [0.717, 1.165) is 6.04 Å². The predicted molar refractivity (Wildman–Crippen MR) is 70.1 cm³/mol. The van der Waals surface area contributed by atoms with Gasteiger partial charge in [0.25, 0.3) is 0 Å². The van der Waals surface area contributed by atoms with Gasteiger partial charge in [-0.05, 0) is 33.2 Å². The van der Waals surface area contributed by atoms with Gasteiger partial charge in [0.2, 0.25) is 12.7 Å². The van der Waals surface area contributed by atoms with Crippen LogP contribution in [0.4, 0.5) is 0 Å². The molecule has 2 aliphatic heterocycles. The topological polar surface area (TPSA) is 76.7 Å². The van der Waals surface area contributed by atoms with E-state index in [1.807, 2.05) is 0 Å². The van der Waals surface area contributed by atoms with Gasteiger partial charge in [-0.3, -0.25) is 4.79 Å². The van der Waals surface area contributed by atoms with Gasteiger partial charge in [0.05, 0.1) is 5.70 Å². The summed E-state index contributed by atoms with van der Waals surface area (Å²) in [6.45, 7) is 5.67. The lowest BCUT2D eigenvalue weighted by molar-refractivity contribution is -0.159. The molecule has 0 aromatic rings. The zero-order chi connectivity index (χ0) is 14.1. The lowest BCUT2D eigenvalue weighted by Crippen LogP contribution is -2.30. The summed E-state index contributed by atoms with van der Waals surface area (Å²) in [6, 6.07) is 0.786. The average Bonchev–Trinajstić information content (AvgIpc) is 2.72. The molecule has 0 aromatic carbocycles. The number of carbonyl (C=O) groups is 2. The molecular weight excluding hydrogens is 248 g/mol. The van der Waals surface area contributed by atoms with E-state index < -0.39 is 12.3 Å². The lowest BCUT2D eigenvalue weighted by atomic mass is 10.1. The molecule has 2 heterocycles. The molecule has 0 aliphatic carbocycles. The van der Waals surface area contributed by atoms with Gasteiger partial charge in [0, 0.05) is 18.7 Å². The van der Waals surface area contributed by atoms with Crippen LogP contribution >= 0.6 is 0 Å². The summed E-state index contributed by atoms with van der Waals surface area (Å²) < 4.78 is 9.70. The molecule has 108 valence electrons. The summed E-state index contributed by atoms with van der Waals surface area (Å²) in [5.74, 6) is -0.502. The number of piperidine rings is 1. The molecule has 2 unspecified atom stereocenters. The van der Waals surface area contributed by atoms with Crippen LogP contribution in [-0.2, 0) is 19.1 Å². The minimum Gasteiger partial charge on any atom is -0.426 e. The van der Waals surface area contributed by atoms with Crippen LogP contribution in [0.5, 0.6) is 0 Å². The normalized spacial score (nSPS) is 25.8. The zero-order valence-electron chi connectivity index (χ0n) is 11.5. The Bertz CT molecular complexity index is 325. The second-order valence-electron chi connectivity index (χ2n) is 4.44. The number of hydrogen-bond donors (Lipinski definition) is 2. The van der Waals surface area contributed by atoms with Crippen molar-refractivity contribution in [2.24, 2.45) is 0 Å². The Kier molecular flexibility index (Phi) is 7.14. The smallest absolute Gasteiger partial charge is 0.335 e. The highest BCUT2D eigenvalue weighted by Crippen LogP contribution is 2.13. The number of hydrogen-bond acceptors (Lipinski definition) is 5. The van der Waals surface area contributed by atoms with Crippen LogP contribution in [-0.4, -0.2) is 37.9 Å². The van der Waals surface area contributed by atoms with E-state index in [1.54, 1.807) is 6.92 Å². The predicted octanol–water partition coefficient (Wildman–Crippen LogP) is 0.684. The Hall–Kier alpha value is -1.40. The van der Waals surface area contributed by atoms with Crippen molar-refractivity contribution in [3.8, 4) is 0 Å². The average molecular weight is 270 g/mol. The summed E-state index contributed by atoms with van der Waals surface area (Å²) in [7, 11) is 0. The van der Waals surface area contributed by atoms with Gasteiger partial charge in [-0.15, -0.1) is 0 Å². The van der Waals surface area contributed by atoms with Gasteiger partial charge < -0.3 is 20.1 Å². The van der Waals surface area contributed by atoms with Gasteiger partial charge in [0.15, 0.2) is 0 Å². The zero-order valence-corrected chi connectivity index (χ0v) is 11.5. The fourth-order valence-corrected chi connectivity index (χ4v) is 1.88. The van der Waals surface area contributed by atoms with E-state index in [-0.39, 0.29) is 0 Å². The van der Waals surface area contributed by atoms with Gasteiger partial charge in [-0.25, -0.2) is 4.79 Å². The summed E-state index contributed by atoms with van der Waals surface area (Å²) in [5, 5.41) is 5.70. The van der Waals surface area contributed by atoms with Crippen LogP contribution in [0.1, 0.15) is 33.1 Å². The number of rotatable bonds is 4. The van der Waals surface area contributed by atoms with Gasteiger partial charge in [0.1, 0.15) is 0 Å². The van der Waals surface area contributed by atoms with E-state index in [2.05, 4.69) is 17.6 Å². The Morgan fingerprint density at radius 3 is 2.84 bits per heavy atom. The molecule has 0 spiro atoms. The van der Waals surface area contributed by atoms with E-state index >= 15 is 0 Å². The van der Waals surface area contributed by atoms with Crippen LogP contribution in [0.3, 0.4) is 0 Å². The molecule has 6 heteroatoms. The molecule has 19 heavy (non-hydrogen) atoms. The Morgan fingerprint density at radius 2 is 2.37 bits per heavy atom.